The largest absolute Gasteiger partial charge is 0.496 e. The number of benzene rings is 2. The van der Waals surface area contributed by atoms with Crippen molar-refractivity contribution in [1.82, 2.24) is 0 Å². The van der Waals surface area contributed by atoms with Gasteiger partial charge in [-0.25, -0.2) is 4.79 Å². The van der Waals surface area contributed by atoms with Gasteiger partial charge < -0.3 is 24.3 Å². The predicted octanol–water partition coefficient (Wildman–Crippen LogP) is 4.59. The van der Waals surface area contributed by atoms with Crippen molar-refractivity contribution in [2.24, 2.45) is 0 Å². The third-order valence-electron chi connectivity index (χ3n) is 4.82. The lowest BCUT2D eigenvalue weighted by Crippen LogP contribution is -2.29. The first-order chi connectivity index (χ1) is 15.1. The first-order valence-electron chi connectivity index (χ1n) is 10.2. The molecular weight excluding hydrogens is 410 g/mol. The fourth-order valence-electron chi connectivity index (χ4n) is 2.91. The highest BCUT2D eigenvalue weighted by molar-refractivity contribution is 5.96. The molecule has 0 saturated heterocycles. The molecule has 0 aliphatic heterocycles. The third-order valence-corrected chi connectivity index (χ3v) is 4.82. The van der Waals surface area contributed by atoms with Crippen molar-refractivity contribution in [1.29, 1.82) is 0 Å². The van der Waals surface area contributed by atoms with Crippen LogP contribution < -0.4 is 19.5 Å². The van der Waals surface area contributed by atoms with Crippen LogP contribution >= 0.6 is 0 Å². The van der Waals surface area contributed by atoms with Crippen LogP contribution in [0.15, 0.2) is 42.5 Å². The molecule has 7 heteroatoms. The summed E-state index contributed by atoms with van der Waals surface area (Å²) < 4.78 is 21.1. The Hall–Kier alpha value is -3.48. The molecule has 0 unspecified atom stereocenters. The molecule has 0 saturated carbocycles. The Morgan fingerprint density at radius 2 is 1.47 bits per heavy atom. The van der Waals surface area contributed by atoms with Crippen LogP contribution in [0.4, 0.5) is 5.69 Å². The molecule has 0 heterocycles. The van der Waals surface area contributed by atoms with E-state index in [0.717, 1.165) is 5.56 Å². The maximum atomic E-state index is 12.4. The number of ether oxygens (including phenoxy) is 4. The molecule has 32 heavy (non-hydrogen) atoms. The lowest BCUT2D eigenvalue weighted by Gasteiger charge is -2.19. The summed E-state index contributed by atoms with van der Waals surface area (Å²) in [4.78, 5) is 24.6. The van der Waals surface area contributed by atoms with Crippen LogP contribution in [0.3, 0.4) is 0 Å². The third kappa shape index (κ3) is 6.51. The van der Waals surface area contributed by atoms with Gasteiger partial charge in [0.2, 0.25) is 0 Å². The smallest absolute Gasteiger partial charge is 0.331 e. The lowest BCUT2D eigenvalue weighted by molar-refractivity contribution is -0.148. The number of carbonyl (C=O) groups is 2. The summed E-state index contributed by atoms with van der Waals surface area (Å²) in [7, 11) is 4.55. The van der Waals surface area contributed by atoms with Crippen molar-refractivity contribution in [3.05, 3.63) is 53.6 Å². The van der Waals surface area contributed by atoms with Gasteiger partial charge in [-0.05, 0) is 42.2 Å². The topological polar surface area (TPSA) is 83.1 Å². The van der Waals surface area contributed by atoms with Gasteiger partial charge in [-0.15, -0.1) is 0 Å². The van der Waals surface area contributed by atoms with E-state index in [1.54, 1.807) is 12.1 Å². The molecule has 0 fully saturated rings. The van der Waals surface area contributed by atoms with Gasteiger partial charge in [0.1, 0.15) is 5.75 Å². The first kappa shape index (κ1) is 24.8. The number of nitrogens with one attached hydrogen (secondary N) is 1. The van der Waals surface area contributed by atoms with Crippen LogP contribution in [0.25, 0.3) is 6.08 Å². The monoisotopic (exact) mass is 441 g/mol. The van der Waals surface area contributed by atoms with E-state index >= 15 is 0 Å². The zero-order valence-electron chi connectivity index (χ0n) is 19.6. The van der Waals surface area contributed by atoms with Crippen molar-refractivity contribution in [3.8, 4) is 17.2 Å². The highest BCUT2D eigenvalue weighted by atomic mass is 16.5. The van der Waals surface area contributed by atoms with E-state index in [-0.39, 0.29) is 5.41 Å². The molecule has 0 bridgehead atoms. The minimum absolute atomic E-state index is 0.0221. The Balaban J connectivity index is 2.01. The van der Waals surface area contributed by atoms with E-state index in [9.17, 15) is 9.59 Å². The van der Waals surface area contributed by atoms with Crippen LogP contribution in [-0.2, 0) is 19.7 Å². The molecule has 0 radical (unpaired) electrons. The average Bonchev–Trinajstić information content (AvgIpc) is 2.76. The Morgan fingerprint density at radius 3 is 2.00 bits per heavy atom. The Morgan fingerprint density at radius 1 is 0.906 bits per heavy atom. The molecule has 2 aromatic carbocycles. The second-order valence-electron chi connectivity index (χ2n) is 8.18. The SMILES string of the molecule is COc1cc(OC)c(OC)cc1/C=C\C(=O)O[C@@H](C)C(=O)Nc1ccc(C(C)(C)C)cc1. The summed E-state index contributed by atoms with van der Waals surface area (Å²) in [6.07, 6.45) is 1.78. The number of carbonyl (C=O) groups excluding carboxylic acids is 2. The molecule has 2 rings (SSSR count). The van der Waals surface area contributed by atoms with Crippen molar-refractivity contribution in [2.45, 2.75) is 39.2 Å². The Kier molecular flexibility index (Phi) is 8.29. The van der Waals surface area contributed by atoms with E-state index in [1.807, 2.05) is 24.3 Å². The zero-order chi connectivity index (χ0) is 23.9. The molecule has 2 aromatic rings. The van der Waals surface area contributed by atoms with Crippen LogP contribution in [0.2, 0.25) is 0 Å². The lowest BCUT2D eigenvalue weighted by atomic mass is 9.87. The number of esters is 1. The first-order valence-corrected chi connectivity index (χ1v) is 10.2. The van der Waals surface area contributed by atoms with Crippen LogP contribution in [0, 0.1) is 0 Å². The van der Waals surface area contributed by atoms with Gasteiger partial charge in [0, 0.05) is 23.4 Å². The van der Waals surface area contributed by atoms with E-state index in [2.05, 4.69) is 26.1 Å². The van der Waals surface area contributed by atoms with Crippen LogP contribution in [0.5, 0.6) is 17.2 Å². The second-order valence-corrected chi connectivity index (χ2v) is 8.18. The summed E-state index contributed by atoms with van der Waals surface area (Å²) in [6.45, 7) is 7.87. The molecule has 0 aromatic heterocycles. The average molecular weight is 442 g/mol. The van der Waals surface area contributed by atoms with Crippen molar-refractivity contribution in [3.63, 3.8) is 0 Å². The summed E-state index contributed by atoms with van der Waals surface area (Å²) in [5, 5.41) is 2.75. The normalized spacial score (nSPS) is 12.2. The van der Waals surface area contributed by atoms with Gasteiger partial charge in [-0.2, -0.15) is 0 Å². The summed E-state index contributed by atoms with van der Waals surface area (Å²) in [5.74, 6) is 0.416. The van der Waals surface area contributed by atoms with E-state index in [4.69, 9.17) is 18.9 Å². The van der Waals surface area contributed by atoms with Gasteiger partial charge in [-0.3, -0.25) is 4.79 Å². The number of rotatable bonds is 8. The fraction of sp³-hybridized carbons (Fsp3) is 0.360. The van der Waals surface area contributed by atoms with E-state index in [1.165, 1.54) is 40.4 Å². The van der Waals surface area contributed by atoms with Crippen LogP contribution in [-0.4, -0.2) is 39.3 Å². The molecule has 7 nitrogen and oxygen atoms in total. The quantitative estimate of drug-likeness (QED) is 0.476. The molecule has 1 N–H and O–H groups in total. The van der Waals surface area contributed by atoms with Crippen LogP contribution in [0.1, 0.15) is 38.8 Å². The van der Waals surface area contributed by atoms with Gasteiger partial charge in [0.05, 0.1) is 21.3 Å². The number of hydrogen-bond donors (Lipinski definition) is 1. The molecule has 172 valence electrons. The highest BCUT2D eigenvalue weighted by Gasteiger charge is 2.18. The summed E-state index contributed by atoms with van der Waals surface area (Å²) in [5.41, 5.74) is 2.41. The maximum absolute atomic E-state index is 12.4. The zero-order valence-corrected chi connectivity index (χ0v) is 19.6. The molecular formula is C25H31NO6. The summed E-state index contributed by atoms with van der Waals surface area (Å²) in [6, 6.07) is 10.9. The molecule has 0 spiro atoms. The van der Waals surface area contributed by atoms with Crippen molar-refractivity contribution >= 4 is 23.6 Å². The van der Waals surface area contributed by atoms with Gasteiger partial charge in [0.15, 0.2) is 17.6 Å². The van der Waals surface area contributed by atoms with Gasteiger partial charge >= 0.3 is 5.97 Å². The highest BCUT2D eigenvalue weighted by Crippen LogP contribution is 2.35. The summed E-state index contributed by atoms with van der Waals surface area (Å²) >= 11 is 0. The minimum Gasteiger partial charge on any atom is -0.496 e. The number of anilines is 1. The van der Waals surface area contributed by atoms with E-state index < -0.39 is 18.0 Å². The second kappa shape index (κ2) is 10.7. The van der Waals surface area contributed by atoms with Gasteiger partial charge in [-0.1, -0.05) is 32.9 Å². The molecule has 0 aliphatic rings. The number of amides is 1. The molecule has 0 aliphatic carbocycles. The maximum Gasteiger partial charge on any atom is 0.331 e. The van der Waals surface area contributed by atoms with Crippen molar-refractivity contribution in [2.75, 3.05) is 26.6 Å². The van der Waals surface area contributed by atoms with Gasteiger partial charge in [0.25, 0.3) is 5.91 Å². The number of methoxy groups -OCH3 is 3. The predicted molar refractivity (Wildman–Crippen MR) is 124 cm³/mol. The Labute approximate surface area is 189 Å². The molecule has 1 amide bonds. The van der Waals surface area contributed by atoms with E-state index in [0.29, 0.717) is 28.5 Å². The van der Waals surface area contributed by atoms with Crippen molar-refractivity contribution < 1.29 is 28.5 Å². The Bertz CT molecular complexity index is 973. The minimum atomic E-state index is -0.971. The fourth-order valence-corrected chi connectivity index (χ4v) is 2.91. The molecule has 1 atom stereocenters. The standard InChI is InChI=1S/C25H31NO6/c1-16(24(28)26-19-11-9-18(10-12-19)25(2,3)4)32-23(27)13-8-17-14-21(30-6)22(31-7)15-20(17)29-5/h8-16H,1-7H3,(H,26,28)/b13-8-/t16-/m0/s1. The number of hydrogen-bond acceptors (Lipinski definition) is 6.